The van der Waals surface area contributed by atoms with E-state index in [9.17, 15) is 13.6 Å². The number of nitrogens with one attached hydrogen (secondary N) is 1. The number of aromatic nitrogens is 4. The van der Waals surface area contributed by atoms with E-state index in [1.54, 1.807) is 16.7 Å². The normalized spacial score (nSPS) is 21.0. The van der Waals surface area contributed by atoms with E-state index >= 15 is 0 Å². The van der Waals surface area contributed by atoms with Gasteiger partial charge in [0.05, 0.1) is 18.4 Å². The average molecular weight is 417 g/mol. The van der Waals surface area contributed by atoms with Crippen molar-refractivity contribution in [2.45, 2.75) is 37.1 Å². The van der Waals surface area contributed by atoms with Crippen LogP contribution in [0.2, 0.25) is 0 Å². The van der Waals surface area contributed by atoms with Crippen LogP contribution in [0, 0.1) is 0 Å². The van der Waals surface area contributed by atoms with Crippen molar-refractivity contribution in [3.05, 3.63) is 42.0 Å². The minimum atomic E-state index is -2.73. The zero-order chi connectivity index (χ0) is 20.9. The zero-order valence-corrected chi connectivity index (χ0v) is 16.3. The van der Waals surface area contributed by atoms with Gasteiger partial charge in [0, 0.05) is 56.3 Å². The van der Waals surface area contributed by atoms with E-state index in [-0.39, 0.29) is 12.2 Å². The van der Waals surface area contributed by atoms with Crippen molar-refractivity contribution in [2.75, 3.05) is 25.6 Å². The Bertz CT molecular complexity index is 1100. The molecular formula is C20H21F2N5O3. The number of amides is 1. The fourth-order valence-electron chi connectivity index (χ4n) is 3.81. The number of rotatable bonds is 5. The summed E-state index contributed by atoms with van der Waals surface area (Å²) in [5.74, 6) is -2.27. The SMILES string of the molecule is COc1cc2nc(C3CCOCC3)cn2cc1C(=O)Nc1ccn(C2CC2(F)F)n1. The largest absolute Gasteiger partial charge is 0.496 e. The van der Waals surface area contributed by atoms with Gasteiger partial charge in [-0.3, -0.25) is 9.48 Å². The van der Waals surface area contributed by atoms with Crippen LogP contribution in [-0.2, 0) is 4.74 Å². The average Bonchev–Trinajstić information content (AvgIpc) is 3.10. The fraction of sp³-hybridized carbons (Fsp3) is 0.450. The standard InChI is InChI=1S/C20H21F2N5O3/c1-29-15-8-18-23-14(12-3-6-30-7-4-12)11-26(18)10-13(15)19(28)24-17-2-5-27(25-17)16-9-20(16,21)22/h2,5,8,10-12,16H,3-4,6-7,9H2,1H3,(H,24,25,28). The molecule has 2 fully saturated rings. The molecule has 4 heterocycles. The second-order valence-corrected chi connectivity index (χ2v) is 7.69. The molecule has 1 aliphatic heterocycles. The van der Waals surface area contributed by atoms with Gasteiger partial charge in [-0.25, -0.2) is 13.8 Å². The summed E-state index contributed by atoms with van der Waals surface area (Å²) in [5, 5.41) is 6.70. The molecule has 30 heavy (non-hydrogen) atoms. The minimum absolute atomic E-state index is 0.207. The number of methoxy groups -OCH3 is 1. The van der Waals surface area contributed by atoms with Gasteiger partial charge in [-0.1, -0.05) is 0 Å². The lowest BCUT2D eigenvalue weighted by molar-refractivity contribution is 0.0846. The molecule has 1 amide bonds. The van der Waals surface area contributed by atoms with Crippen LogP contribution in [0.25, 0.3) is 5.65 Å². The summed E-state index contributed by atoms with van der Waals surface area (Å²) in [6.07, 6.45) is 6.62. The quantitative estimate of drug-likeness (QED) is 0.689. The summed E-state index contributed by atoms with van der Waals surface area (Å²) in [7, 11) is 1.48. The predicted octanol–water partition coefficient (Wildman–Crippen LogP) is 3.27. The van der Waals surface area contributed by atoms with Crippen LogP contribution in [0.15, 0.2) is 30.7 Å². The molecule has 3 aromatic heterocycles. The smallest absolute Gasteiger partial charge is 0.272 e. The third-order valence-corrected chi connectivity index (χ3v) is 5.64. The Hall–Kier alpha value is -3.01. The summed E-state index contributed by atoms with van der Waals surface area (Å²) >= 11 is 0. The number of hydrogen-bond acceptors (Lipinski definition) is 5. The Morgan fingerprint density at radius 3 is 2.80 bits per heavy atom. The van der Waals surface area contributed by atoms with Crippen molar-refractivity contribution < 1.29 is 23.0 Å². The van der Waals surface area contributed by atoms with Crippen LogP contribution >= 0.6 is 0 Å². The first-order valence-electron chi connectivity index (χ1n) is 9.83. The molecular weight excluding hydrogens is 396 g/mol. The number of halogens is 2. The molecule has 0 bridgehead atoms. The molecule has 1 atom stereocenters. The van der Waals surface area contributed by atoms with Crippen molar-refractivity contribution in [1.82, 2.24) is 19.2 Å². The lowest BCUT2D eigenvalue weighted by atomic mass is 9.97. The lowest BCUT2D eigenvalue weighted by Gasteiger charge is -2.19. The number of ether oxygens (including phenoxy) is 2. The first kappa shape index (κ1) is 19.0. The number of carbonyl (C=O) groups is 1. The van der Waals surface area contributed by atoms with Crippen LogP contribution in [0.3, 0.4) is 0 Å². The number of fused-ring (bicyclic) bond motifs is 1. The second-order valence-electron chi connectivity index (χ2n) is 7.69. The summed E-state index contributed by atoms with van der Waals surface area (Å²) in [6, 6.07) is 2.27. The molecule has 1 saturated heterocycles. The van der Waals surface area contributed by atoms with Crippen molar-refractivity contribution in [3.8, 4) is 5.75 Å². The molecule has 2 aliphatic rings. The number of alkyl halides is 2. The Morgan fingerprint density at radius 1 is 1.33 bits per heavy atom. The number of nitrogens with zero attached hydrogens (tertiary/aromatic N) is 4. The van der Waals surface area contributed by atoms with Gasteiger partial charge in [0.25, 0.3) is 11.8 Å². The highest BCUT2D eigenvalue weighted by Gasteiger charge is 2.59. The Kier molecular flexibility index (Phi) is 4.46. The van der Waals surface area contributed by atoms with Crippen molar-refractivity contribution in [3.63, 3.8) is 0 Å². The molecule has 158 valence electrons. The first-order valence-corrected chi connectivity index (χ1v) is 9.83. The van der Waals surface area contributed by atoms with E-state index < -0.39 is 17.9 Å². The number of hydrogen-bond donors (Lipinski definition) is 1. The topological polar surface area (TPSA) is 82.7 Å². The maximum absolute atomic E-state index is 13.2. The predicted molar refractivity (Wildman–Crippen MR) is 103 cm³/mol. The summed E-state index contributed by atoms with van der Waals surface area (Å²) < 4.78 is 40.2. The van der Waals surface area contributed by atoms with Crippen LogP contribution in [0.4, 0.5) is 14.6 Å². The van der Waals surface area contributed by atoms with Gasteiger partial charge in [0.15, 0.2) is 5.82 Å². The number of anilines is 1. The monoisotopic (exact) mass is 417 g/mol. The summed E-state index contributed by atoms with van der Waals surface area (Å²) in [5.41, 5.74) is 1.94. The second kappa shape index (κ2) is 7.05. The van der Waals surface area contributed by atoms with Crippen molar-refractivity contribution in [2.24, 2.45) is 0 Å². The molecule has 0 aromatic carbocycles. The number of pyridine rings is 1. The molecule has 8 nitrogen and oxygen atoms in total. The van der Waals surface area contributed by atoms with Crippen LogP contribution in [-0.4, -0.2) is 51.3 Å². The number of imidazole rings is 1. The van der Waals surface area contributed by atoms with Crippen molar-refractivity contribution in [1.29, 1.82) is 0 Å². The van der Waals surface area contributed by atoms with Gasteiger partial charge in [-0.2, -0.15) is 5.10 Å². The summed E-state index contributed by atoms with van der Waals surface area (Å²) in [4.78, 5) is 17.5. The molecule has 5 rings (SSSR count). The van der Waals surface area contributed by atoms with Crippen LogP contribution < -0.4 is 10.1 Å². The Morgan fingerprint density at radius 2 is 2.10 bits per heavy atom. The highest BCUT2D eigenvalue weighted by atomic mass is 19.3. The molecule has 0 radical (unpaired) electrons. The Balaban J connectivity index is 1.39. The van der Waals surface area contributed by atoms with Gasteiger partial charge >= 0.3 is 0 Å². The highest BCUT2D eigenvalue weighted by molar-refractivity contribution is 6.05. The molecule has 0 spiro atoms. The van der Waals surface area contributed by atoms with Gasteiger partial charge < -0.3 is 19.2 Å². The van der Waals surface area contributed by atoms with Gasteiger partial charge in [0.1, 0.15) is 17.4 Å². The van der Waals surface area contributed by atoms with Gasteiger partial charge in [0.2, 0.25) is 0 Å². The lowest BCUT2D eigenvalue weighted by Crippen LogP contribution is -2.15. The molecule has 1 N–H and O–H groups in total. The van der Waals surface area contributed by atoms with Gasteiger partial charge in [-0.05, 0) is 12.8 Å². The van der Waals surface area contributed by atoms with E-state index in [1.807, 2.05) is 6.20 Å². The highest BCUT2D eigenvalue weighted by Crippen LogP contribution is 2.52. The van der Waals surface area contributed by atoms with E-state index in [0.29, 0.717) is 22.9 Å². The third kappa shape index (κ3) is 3.41. The van der Waals surface area contributed by atoms with Crippen LogP contribution in [0.1, 0.15) is 47.3 Å². The van der Waals surface area contributed by atoms with Crippen LogP contribution in [0.5, 0.6) is 5.75 Å². The minimum Gasteiger partial charge on any atom is -0.496 e. The molecule has 1 unspecified atom stereocenters. The molecule has 10 heteroatoms. The maximum Gasteiger partial charge on any atom is 0.272 e. The maximum atomic E-state index is 13.2. The van der Waals surface area contributed by atoms with E-state index in [0.717, 1.165) is 31.7 Å². The molecule has 1 aliphatic carbocycles. The van der Waals surface area contributed by atoms with E-state index in [4.69, 9.17) is 9.47 Å². The molecule has 3 aromatic rings. The van der Waals surface area contributed by atoms with E-state index in [2.05, 4.69) is 15.4 Å². The number of carbonyl (C=O) groups excluding carboxylic acids is 1. The summed E-state index contributed by atoms with van der Waals surface area (Å²) in [6.45, 7) is 1.43. The van der Waals surface area contributed by atoms with E-state index in [1.165, 1.54) is 24.1 Å². The fourth-order valence-corrected chi connectivity index (χ4v) is 3.81. The third-order valence-electron chi connectivity index (χ3n) is 5.64. The zero-order valence-electron chi connectivity index (χ0n) is 16.3. The first-order chi connectivity index (χ1) is 14.4. The van der Waals surface area contributed by atoms with Crippen molar-refractivity contribution >= 4 is 17.4 Å². The van der Waals surface area contributed by atoms with Gasteiger partial charge in [-0.15, -0.1) is 0 Å². The molecule has 1 saturated carbocycles. The Labute approximate surface area is 170 Å².